The highest BCUT2D eigenvalue weighted by Gasteiger charge is 2.29. The number of halogens is 1. The van der Waals surface area contributed by atoms with Gasteiger partial charge in [0.15, 0.2) is 0 Å². The lowest BCUT2D eigenvalue weighted by Crippen LogP contribution is -2.40. The number of aryl methyl sites for hydroxylation is 1. The van der Waals surface area contributed by atoms with Crippen molar-refractivity contribution >= 4 is 29.1 Å². The van der Waals surface area contributed by atoms with Crippen LogP contribution in [-0.4, -0.2) is 57.3 Å². The zero-order chi connectivity index (χ0) is 24.5. The Balaban J connectivity index is 1.43. The van der Waals surface area contributed by atoms with E-state index in [-0.39, 0.29) is 11.8 Å². The molecular weight excluding hydrogens is 460 g/mol. The van der Waals surface area contributed by atoms with Crippen LogP contribution in [0.3, 0.4) is 0 Å². The van der Waals surface area contributed by atoms with Gasteiger partial charge in [0.25, 0.3) is 0 Å². The summed E-state index contributed by atoms with van der Waals surface area (Å²) in [6.45, 7) is 3.36. The molecule has 180 valence electrons. The summed E-state index contributed by atoms with van der Waals surface area (Å²) >= 11 is 6.13. The Morgan fingerprint density at radius 3 is 2.71 bits per heavy atom. The molecule has 1 amide bonds. The largest absolute Gasteiger partial charge is 0.347 e. The molecule has 0 unspecified atom stereocenters. The number of benzene rings is 1. The molecule has 0 bridgehead atoms. The SMILES string of the molecule is Cc1nc2ccccn2c1CC(=O)N1CCC[C@@H](c2nc(N(C)C)ncc2-c2ccc(Cl)cc2)C1. The highest BCUT2D eigenvalue weighted by atomic mass is 35.5. The van der Waals surface area contributed by atoms with Gasteiger partial charge in [-0.2, -0.15) is 0 Å². The Kier molecular flexibility index (Phi) is 6.43. The molecule has 1 fully saturated rings. The molecule has 3 aromatic heterocycles. The minimum Gasteiger partial charge on any atom is -0.347 e. The molecule has 1 aromatic carbocycles. The number of carbonyl (C=O) groups excluding carboxylic acids is 1. The van der Waals surface area contributed by atoms with E-state index in [1.165, 1.54) is 0 Å². The first kappa shape index (κ1) is 23.3. The molecule has 1 saturated heterocycles. The van der Waals surface area contributed by atoms with Gasteiger partial charge in [0.2, 0.25) is 11.9 Å². The Morgan fingerprint density at radius 2 is 1.94 bits per heavy atom. The van der Waals surface area contributed by atoms with E-state index in [1.54, 1.807) is 0 Å². The minimum absolute atomic E-state index is 0.124. The van der Waals surface area contributed by atoms with Crippen molar-refractivity contribution in [2.24, 2.45) is 0 Å². The third-order valence-electron chi connectivity index (χ3n) is 6.67. The first-order valence-corrected chi connectivity index (χ1v) is 12.3. The van der Waals surface area contributed by atoms with Gasteiger partial charge >= 0.3 is 0 Å². The van der Waals surface area contributed by atoms with Crippen LogP contribution >= 0.6 is 11.6 Å². The van der Waals surface area contributed by atoms with E-state index in [9.17, 15) is 4.79 Å². The van der Waals surface area contributed by atoms with Crippen molar-refractivity contribution in [2.45, 2.75) is 32.1 Å². The van der Waals surface area contributed by atoms with E-state index < -0.39 is 0 Å². The normalized spacial score (nSPS) is 16.0. The van der Waals surface area contributed by atoms with Crippen LogP contribution in [0.25, 0.3) is 16.8 Å². The van der Waals surface area contributed by atoms with Gasteiger partial charge in [0.1, 0.15) is 5.65 Å². The molecule has 5 rings (SSSR count). The highest BCUT2D eigenvalue weighted by molar-refractivity contribution is 6.30. The van der Waals surface area contributed by atoms with E-state index >= 15 is 0 Å². The van der Waals surface area contributed by atoms with E-state index in [0.29, 0.717) is 23.9 Å². The third kappa shape index (κ3) is 4.73. The quantitative estimate of drug-likeness (QED) is 0.405. The number of rotatable bonds is 5. The lowest BCUT2D eigenvalue weighted by molar-refractivity contribution is -0.131. The van der Waals surface area contributed by atoms with Crippen LogP contribution in [0.4, 0.5) is 5.95 Å². The predicted molar refractivity (Wildman–Crippen MR) is 139 cm³/mol. The Morgan fingerprint density at radius 1 is 1.14 bits per heavy atom. The molecule has 0 spiro atoms. The molecule has 35 heavy (non-hydrogen) atoms. The average molecular weight is 489 g/mol. The van der Waals surface area contributed by atoms with Gasteiger partial charge in [-0.25, -0.2) is 15.0 Å². The molecule has 0 N–H and O–H groups in total. The van der Waals surface area contributed by atoms with E-state index in [1.807, 2.05) is 90.1 Å². The zero-order valence-corrected chi connectivity index (χ0v) is 21.0. The lowest BCUT2D eigenvalue weighted by Gasteiger charge is -2.33. The van der Waals surface area contributed by atoms with Crippen molar-refractivity contribution in [3.05, 3.63) is 77.0 Å². The number of fused-ring (bicyclic) bond motifs is 1. The molecule has 8 heteroatoms. The third-order valence-corrected chi connectivity index (χ3v) is 6.92. The van der Waals surface area contributed by atoms with Gasteiger partial charge in [-0.3, -0.25) is 4.79 Å². The standard InChI is InChI=1S/C27H29ClN6O/c1-18-23(34-14-5-4-8-24(34)30-18)15-25(35)33-13-6-7-20(17-33)26-22(16-29-27(31-26)32(2)3)19-9-11-21(28)12-10-19/h4-5,8-12,14,16,20H,6-7,13,15,17H2,1-3H3/t20-/m1/s1. The number of pyridine rings is 1. The summed E-state index contributed by atoms with van der Waals surface area (Å²) in [6, 6.07) is 13.7. The molecule has 7 nitrogen and oxygen atoms in total. The zero-order valence-electron chi connectivity index (χ0n) is 20.3. The first-order chi connectivity index (χ1) is 16.9. The van der Waals surface area contributed by atoms with Crippen LogP contribution in [0.15, 0.2) is 54.9 Å². The fourth-order valence-electron chi connectivity index (χ4n) is 4.82. The number of nitrogens with zero attached hydrogens (tertiary/aromatic N) is 6. The number of piperidine rings is 1. The number of hydrogen-bond donors (Lipinski definition) is 0. The summed E-state index contributed by atoms with van der Waals surface area (Å²) in [5, 5.41) is 0.693. The van der Waals surface area contributed by atoms with E-state index in [0.717, 1.165) is 53.2 Å². The smallest absolute Gasteiger partial charge is 0.228 e. The fraction of sp³-hybridized carbons (Fsp3) is 0.333. The maximum Gasteiger partial charge on any atom is 0.228 e. The van der Waals surface area contributed by atoms with Gasteiger partial charge in [-0.15, -0.1) is 0 Å². The summed E-state index contributed by atoms with van der Waals surface area (Å²) in [5.41, 5.74) is 5.72. The summed E-state index contributed by atoms with van der Waals surface area (Å²) in [4.78, 5) is 31.5. The Hall–Kier alpha value is -3.45. The topological polar surface area (TPSA) is 66.6 Å². The Labute approximate surface area is 210 Å². The maximum absolute atomic E-state index is 13.4. The van der Waals surface area contributed by atoms with Crippen LogP contribution in [-0.2, 0) is 11.2 Å². The molecule has 0 aliphatic carbocycles. The van der Waals surface area contributed by atoms with Crippen molar-refractivity contribution in [1.29, 1.82) is 0 Å². The van der Waals surface area contributed by atoms with Gasteiger partial charge in [0, 0.05) is 56.1 Å². The summed E-state index contributed by atoms with van der Waals surface area (Å²) in [7, 11) is 3.88. The molecule has 4 heterocycles. The molecule has 1 aliphatic rings. The van der Waals surface area contributed by atoms with Crippen LogP contribution < -0.4 is 4.90 Å². The van der Waals surface area contributed by atoms with Crippen LogP contribution in [0, 0.1) is 6.92 Å². The predicted octanol–water partition coefficient (Wildman–Crippen LogP) is 4.77. The van der Waals surface area contributed by atoms with Crippen molar-refractivity contribution in [3.8, 4) is 11.1 Å². The molecule has 1 aliphatic heterocycles. The molecular formula is C27H29ClN6O. The number of amides is 1. The first-order valence-electron chi connectivity index (χ1n) is 11.9. The van der Waals surface area contributed by atoms with Crippen molar-refractivity contribution in [2.75, 3.05) is 32.1 Å². The van der Waals surface area contributed by atoms with Crippen molar-refractivity contribution in [1.82, 2.24) is 24.3 Å². The number of aromatic nitrogens is 4. The minimum atomic E-state index is 0.124. The second-order valence-corrected chi connectivity index (χ2v) is 9.74. The summed E-state index contributed by atoms with van der Waals surface area (Å²) in [5.74, 6) is 0.921. The number of hydrogen-bond acceptors (Lipinski definition) is 5. The number of anilines is 1. The van der Waals surface area contributed by atoms with Gasteiger partial charge in [0.05, 0.1) is 23.5 Å². The van der Waals surface area contributed by atoms with Crippen molar-refractivity contribution in [3.63, 3.8) is 0 Å². The number of carbonyl (C=O) groups is 1. The molecule has 0 radical (unpaired) electrons. The highest BCUT2D eigenvalue weighted by Crippen LogP contribution is 2.34. The van der Waals surface area contributed by atoms with Gasteiger partial charge in [-0.05, 0) is 49.6 Å². The lowest BCUT2D eigenvalue weighted by atomic mass is 9.89. The number of imidazole rings is 1. The second-order valence-electron chi connectivity index (χ2n) is 9.30. The Bertz CT molecular complexity index is 1360. The fourth-order valence-corrected chi connectivity index (χ4v) is 4.95. The van der Waals surface area contributed by atoms with Crippen LogP contribution in [0.2, 0.25) is 5.02 Å². The second kappa shape index (κ2) is 9.66. The molecule has 4 aromatic rings. The average Bonchev–Trinajstić information content (AvgIpc) is 3.19. The maximum atomic E-state index is 13.4. The monoisotopic (exact) mass is 488 g/mol. The van der Waals surface area contributed by atoms with E-state index in [4.69, 9.17) is 16.6 Å². The summed E-state index contributed by atoms with van der Waals surface area (Å²) in [6.07, 6.45) is 6.11. The van der Waals surface area contributed by atoms with E-state index in [2.05, 4.69) is 9.97 Å². The molecule has 1 atom stereocenters. The van der Waals surface area contributed by atoms with Crippen LogP contribution in [0.1, 0.15) is 35.8 Å². The number of likely N-dealkylation sites (tertiary alicyclic amines) is 1. The van der Waals surface area contributed by atoms with Gasteiger partial charge in [-0.1, -0.05) is 29.8 Å². The van der Waals surface area contributed by atoms with Gasteiger partial charge < -0.3 is 14.2 Å². The van der Waals surface area contributed by atoms with Crippen molar-refractivity contribution < 1.29 is 4.79 Å². The van der Waals surface area contributed by atoms with Crippen LogP contribution in [0.5, 0.6) is 0 Å². The summed E-state index contributed by atoms with van der Waals surface area (Å²) < 4.78 is 2.01. The molecule has 0 saturated carbocycles.